The zero-order valence-corrected chi connectivity index (χ0v) is 17.3. The molecule has 6 heteroatoms. The van der Waals surface area contributed by atoms with Crippen LogP contribution in [0.15, 0.2) is 59.2 Å². The molecule has 1 amide bonds. The second kappa shape index (κ2) is 8.78. The Morgan fingerprint density at radius 2 is 1.60 bits per heavy atom. The molecule has 0 bridgehead atoms. The Balaban J connectivity index is 1.72. The number of anilines is 1. The van der Waals surface area contributed by atoms with Gasteiger partial charge in [-0.1, -0.05) is 18.2 Å². The quantitative estimate of drug-likeness (QED) is 0.466. The first-order valence-corrected chi connectivity index (χ1v) is 9.54. The number of nitrogens with one attached hydrogen (secondary N) is 1. The molecule has 6 nitrogen and oxygen atoms in total. The number of hydrogen-bond donors (Lipinski definition) is 1. The maximum atomic E-state index is 12.6. The number of rotatable bonds is 6. The first-order valence-electron chi connectivity index (χ1n) is 9.54. The van der Waals surface area contributed by atoms with Gasteiger partial charge < -0.3 is 14.5 Å². The average molecular weight is 405 g/mol. The summed E-state index contributed by atoms with van der Waals surface area (Å²) in [6.07, 6.45) is 0.464. The molecule has 1 heterocycles. The van der Waals surface area contributed by atoms with Crippen molar-refractivity contribution in [1.29, 1.82) is 0 Å². The number of hydrogen-bond acceptors (Lipinski definition) is 5. The van der Waals surface area contributed by atoms with Crippen molar-refractivity contribution in [3.05, 3.63) is 88.4 Å². The molecule has 0 spiro atoms. The molecule has 0 radical (unpaired) electrons. The van der Waals surface area contributed by atoms with Gasteiger partial charge in [0.1, 0.15) is 0 Å². The van der Waals surface area contributed by atoms with E-state index in [-0.39, 0.29) is 17.1 Å². The molecule has 0 fully saturated rings. The second-order valence-corrected chi connectivity index (χ2v) is 7.17. The van der Waals surface area contributed by atoms with Crippen molar-refractivity contribution < 1.29 is 23.5 Å². The van der Waals surface area contributed by atoms with Crippen molar-refractivity contribution in [3.8, 4) is 0 Å². The van der Waals surface area contributed by atoms with Crippen LogP contribution in [0.25, 0.3) is 0 Å². The molecule has 1 aromatic heterocycles. The fourth-order valence-electron chi connectivity index (χ4n) is 2.89. The zero-order chi connectivity index (χ0) is 21.8. The summed E-state index contributed by atoms with van der Waals surface area (Å²) in [4.78, 5) is 37.4. The van der Waals surface area contributed by atoms with Gasteiger partial charge in [0, 0.05) is 11.3 Å². The smallest absolute Gasteiger partial charge is 0.338 e. The summed E-state index contributed by atoms with van der Waals surface area (Å²) in [5.41, 5.74) is 4.03. The molecule has 0 saturated heterocycles. The van der Waals surface area contributed by atoms with E-state index >= 15 is 0 Å². The molecule has 0 aliphatic rings. The normalized spacial score (nSPS) is 11.6. The van der Waals surface area contributed by atoms with Gasteiger partial charge in [0.05, 0.1) is 11.8 Å². The van der Waals surface area contributed by atoms with Crippen molar-refractivity contribution >= 4 is 23.3 Å². The minimum Gasteiger partial charge on any atom is -0.459 e. The lowest BCUT2D eigenvalue weighted by Gasteiger charge is -2.14. The van der Waals surface area contributed by atoms with E-state index < -0.39 is 18.0 Å². The Labute approximate surface area is 174 Å². The van der Waals surface area contributed by atoms with E-state index in [0.29, 0.717) is 11.3 Å². The van der Waals surface area contributed by atoms with Crippen molar-refractivity contribution in [3.63, 3.8) is 0 Å². The SMILES string of the molecule is Cc1ccc(C(=O)[C@H](C)OC(=O)c2ccc(C)c(NC(=O)c3ccco3)c2)cc1C. The average Bonchev–Trinajstić information content (AvgIpc) is 3.26. The van der Waals surface area contributed by atoms with Gasteiger partial charge in [-0.25, -0.2) is 4.79 Å². The molecule has 30 heavy (non-hydrogen) atoms. The molecule has 2 aromatic carbocycles. The molecular weight excluding hydrogens is 382 g/mol. The van der Waals surface area contributed by atoms with Gasteiger partial charge in [-0.15, -0.1) is 0 Å². The van der Waals surface area contributed by atoms with E-state index in [1.54, 1.807) is 50.2 Å². The van der Waals surface area contributed by atoms with E-state index in [2.05, 4.69) is 5.32 Å². The number of ether oxygens (including phenoxy) is 1. The Morgan fingerprint density at radius 3 is 2.27 bits per heavy atom. The number of carbonyl (C=O) groups excluding carboxylic acids is 3. The summed E-state index contributed by atoms with van der Waals surface area (Å²) < 4.78 is 10.5. The Hall–Kier alpha value is -3.67. The van der Waals surface area contributed by atoms with Crippen LogP contribution in [0, 0.1) is 20.8 Å². The number of amides is 1. The van der Waals surface area contributed by atoms with Crippen LogP contribution in [0.2, 0.25) is 0 Å². The van der Waals surface area contributed by atoms with Gasteiger partial charge in [-0.3, -0.25) is 9.59 Å². The van der Waals surface area contributed by atoms with E-state index in [1.165, 1.54) is 12.3 Å². The molecule has 1 atom stereocenters. The number of esters is 1. The van der Waals surface area contributed by atoms with Crippen LogP contribution < -0.4 is 5.32 Å². The maximum absolute atomic E-state index is 12.6. The lowest BCUT2D eigenvalue weighted by Crippen LogP contribution is -2.24. The number of ketones is 1. The fourth-order valence-corrected chi connectivity index (χ4v) is 2.89. The fraction of sp³-hybridized carbons (Fsp3) is 0.208. The van der Waals surface area contributed by atoms with Crippen LogP contribution in [0.1, 0.15) is 54.9 Å². The number of carbonyl (C=O) groups is 3. The predicted molar refractivity (Wildman–Crippen MR) is 113 cm³/mol. The highest BCUT2D eigenvalue weighted by Gasteiger charge is 2.21. The van der Waals surface area contributed by atoms with Crippen molar-refractivity contribution in [1.82, 2.24) is 0 Å². The highest BCUT2D eigenvalue weighted by molar-refractivity contribution is 6.04. The van der Waals surface area contributed by atoms with Gasteiger partial charge in [0.15, 0.2) is 11.9 Å². The minimum absolute atomic E-state index is 0.162. The summed E-state index contributed by atoms with van der Waals surface area (Å²) in [5.74, 6) is -1.18. The van der Waals surface area contributed by atoms with Gasteiger partial charge in [-0.05, 0) is 74.7 Å². The highest BCUT2D eigenvalue weighted by atomic mass is 16.5. The van der Waals surface area contributed by atoms with Crippen LogP contribution >= 0.6 is 0 Å². The van der Waals surface area contributed by atoms with E-state index in [9.17, 15) is 14.4 Å². The first-order chi connectivity index (χ1) is 14.3. The Kier molecular flexibility index (Phi) is 6.16. The zero-order valence-electron chi connectivity index (χ0n) is 17.3. The lowest BCUT2D eigenvalue weighted by molar-refractivity contribution is 0.0319. The summed E-state index contributed by atoms with van der Waals surface area (Å²) in [6.45, 7) is 7.24. The first kappa shape index (κ1) is 21.0. The van der Waals surface area contributed by atoms with Crippen LogP contribution in [0.4, 0.5) is 5.69 Å². The number of aryl methyl sites for hydroxylation is 3. The Morgan fingerprint density at radius 1 is 0.900 bits per heavy atom. The van der Waals surface area contributed by atoms with Crippen molar-refractivity contribution in [2.75, 3.05) is 5.32 Å². The summed E-state index contributed by atoms with van der Waals surface area (Å²) >= 11 is 0. The summed E-state index contributed by atoms with van der Waals surface area (Å²) in [7, 11) is 0. The second-order valence-electron chi connectivity index (χ2n) is 7.17. The lowest BCUT2D eigenvalue weighted by atomic mass is 10.0. The molecule has 3 rings (SSSR count). The van der Waals surface area contributed by atoms with Gasteiger partial charge >= 0.3 is 5.97 Å². The van der Waals surface area contributed by atoms with Gasteiger partial charge in [-0.2, -0.15) is 0 Å². The number of furan rings is 1. The number of benzene rings is 2. The van der Waals surface area contributed by atoms with Gasteiger partial charge in [0.25, 0.3) is 5.91 Å². The van der Waals surface area contributed by atoms with Crippen LogP contribution in [0.3, 0.4) is 0 Å². The predicted octanol–water partition coefficient (Wildman–Crippen LogP) is 4.89. The highest BCUT2D eigenvalue weighted by Crippen LogP contribution is 2.20. The Bertz CT molecular complexity index is 1100. The maximum Gasteiger partial charge on any atom is 0.338 e. The van der Waals surface area contributed by atoms with Crippen LogP contribution in [-0.2, 0) is 4.74 Å². The monoisotopic (exact) mass is 405 g/mol. The third-order valence-electron chi connectivity index (χ3n) is 4.91. The molecular formula is C24H23NO5. The van der Waals surface area contributed by atoms with E-state index in [0.717, 1.165) is 16.7 Å². The molecule has 0 aliphatic carbocycles. The topological polar surface area (TPSA) is 85.6 Å². The largest absolute Gasteiger partial charge is 0.459 e. The van der Waals surface area contributed by atoms with E-state index in [1.807, 2.05) is 19.9 Å². The third kappa shape index (κ3) is 4.66. The molecule has 1 N–H and O–H groups in total. The molecule has 0 aliphatic heterocycles. The molecule has 0 saturated carbocycles. The summed E-state index contributed by atoms with van der Waals surface area (Å²) in [6, 6.07) is 13.3. The molecule has 154 valence electrons. The molecule has 0 unspecified atom stereocenters. The van der Waals surface area contributed by atoms with Crippen LogP contribution in [-0.4, -0.2) is 23.8 Å². The standard InChI is InChI=1S/C24H23NO5/c1-14-7-9-18(12-16(14)3)22(26)17(4)30-24(28)19-10-8-15(2)20(13-19)25-23(27)21-6-5-11-29-21/h5-13,17H,1-4H3,(H,25,27)/t17-/m0/s1. The van der Waals surface area contributed by atoms with Crippen LogP contribution in [0.5, 0.6) is 0 Å². The van der Waals surface area contributed by atoms with Crippen molar-refractivity contribution in [2.45, 2.75) is 33.8 Å². The van der Waals surface area contributed by atoms with Gasteiger partial charge in [0.2, 0.25) is 5.78 Å². The molecule has 3 aromatic rings. The third-order valence-corrected chi connectivity index (χ3v) is 4.91. The van der Waals surface area contributed by atoms with Crippen molar-refractivity contribution in [2.24, 2.45) is 0 Å². The summed E-state index contributed by atoms with van der Waals surface area (Å²) in [5, 5.41) is 2.71. The minimum atomic E-state index is -0.943. The van der Waals surface area contributed by atoms with E-state index in [4.69, 9.17) is 9.15 Å². The number of Topliss-reactive ketones (excluding diaryl/α,β-unsaturated/α-hetero) is 1.